The van der Waals surface area contributed by atoms with Crippen LogP contribution in [0.5, 0.6) is 0 Å². The van der Waals surface area contributed by atoms with Gasteiger partial charge in [-0.3, -0.25) is 4.90 Å². The van der Waals surface area contributed by atoms with E-state index in [1.165, 1.54) is 12.1 Å². The molecule has 2 N–H and O–H groups in total. The quantitative estimate of drug-likeness (QED) is 0.916. The Morgan fingerprint density at radius 1 is 1.40 bits per heavy atom. The van der Waals surface area contributed by atoms with Gasteiger partial charge >= 0.3 is 0 Å². The van der Waals surface area contributed by atoms with E-state index in [0.717, 1.165) is 42.8 Å². The van der Waals surface area contributed by atoms with Gasteiger partial charge in [-0.1, -0.05) is 13.8 Å². The van der Waals surface area contributed by atoms with Gasteiger partial charge in [0.25, 0.3) is 0 Å². The highest BCUT2D eigenvalue weighted by molar-refractivity contribution is 5.77. The fraction of sp³-hybridized carbons (Fsp3) is 0.500. The Kier molecular flexibility index (Phi) is 3.30. The van der Waals surface area contributed by atoms with Crippen LogP contribution in [-0.4, -0.2) is 24.0 Å². The normalized spacial score (nSPS) is 23.3. The number of nitrogens with zero attached hydrogens (tertiary/aromatic N) is 1. The molecule has 1 saturated heterocycles. The highest BCUT2D eigenvalue weighted by Gasteiger charge is 2.33. The minimum Gasteiger partial charge on any atom is -0.460 e. The van der Waals surface area contributed by atoms with Crippen LogP contribution >= 0.6 is 0 Å². The Bertz CT molecular complexity index is 620. The molecule has 1 fully saturated rings. The zero-order valence-corrected chi connectivity index (χ0v) is 12.0. The molecule has 2 aromatic rings. The maximum Gasteiger partial charge on any atom is 0.134 e. The topological polar surface area (TPSA) is 42.4 Å². The lowest BCUT2D eigenvalue weighted by Crippen LogP contribution is -2.51. The zero-order valence-electron chi connectivity index (χ0n) is 12.0. The summed E-state index contributed by atoms with van der Waals surface area (Å²) in [4.78, 5) is 2.36. The largest absolute Gasteiger partial charge is 0.460 e. The van der Waals surface area contributed by atoms with Crippen LogP contribution in [0.15, 0.2) is 28.7 Å². The van der Waals surface area contributed by atoms with Gasteiger partial charge < -0.3 is 10.2 Å². The van der Waals surface area contributed by atoms with Gasteiger partial charge in [0.15, 0.2) is 0 Å². The van der Waals surface area contributed by atoms with E-state index in [9.17, 15) is 4.39 Å². The van der Waals surface area contributed by atoms with Gasteiger partial charge in [-0.05, 0) is 36.1 Å². The van der Waals surface area contributed by atoms with Crippen molar-refractivity contribution in [1.29, 1.82) is 0 Å². The van der Waals surface area contributed by atoms with E-state index in [-0.39, 0.29) is 17.3 Å². The first-order chi connectivity index (χ1) is 9.44. The van der Waals surface area contributed by atoms with Gasteiger partial charge in [-0.15, -0.1) is 0 Å². The average molecular weight is 276 g/mol. The molecular formula is C16H21FN2O. The summed E-state index contributed by atoms with van der Waals surface area (Å²) in [5.41, 5.74) is 7.02. The molecule has 2 heterocycles. The second kappa shape index (κ2) is 4.86. The summed E-state index contributed by atoms with van der Waals surface area (Å²) in [5, 5.41) is 0.827. The fourth-order valence-corrected chi connectivity index (χ4v) is 2.99. The summed E-state index contributed by atoms with van der Waals surface area (Å²) in [7, 11) is 0. The van der Waals surface area contributed by atoms with Crippen LogP contribution in [0.3, 0.4) is 0 Å². The summed E-state index contributed by atoms with van der Waals surface area (Å²) < 4.78 is 19.0. The van der Waals surface area contributed by atoms with Crippen LogP contribution in [0.4, 0.5) is 4.39 Å². The number of likely N-dealkylation sites (tertiary alicyclic amines) is 1. The van der Waals surface area contributed by atoms with Crippen molar-refractivity contribution in [2.45, 2.75) is 32.9 Å². The van der Waals surface area contributed by atoms with Gasteiger partial charge in [-0.25, -0.2) is 4.39 Å². The number of piperidine rings is 1. The first-order valence-corrected chi connectivity index (χ1v) is 7.10. The van der Waals surface area contributed by atoms with Gasteiger partial charge in [0.05, 0.1) is 6.54 Å². The lowest BCUT2D eigenvalue weighted by Gasteiger charge is -2.42. The number of hydrogen-bond donors (Lipinski definition) is 1. The maximum absolute atomic E-state index is 13.2. The number of nitrogens with two attached hydrogens (primary N) is 1. The van der Waals surface area contributed by atoms with E-state index in [0.29, 0.717) is 0 Å². The lowest BCUT2D eigenvalue weighted by molar-refractivity contribution is 0.0849. The molecular weight excluding hydrogens is 255 g/mol. The standard InChI is InChI=1S/C16H21FN2O/c1-16(2)10-19(6-5-15(16)18)9-13-8-11-7-12(17)3-4-14(11)20-13/h3-4,7-8,15H,5-6,9-10,18H2,1-2H3. The molecule has 20 heavy (non-hydrogen) atoms. The molecule has 0 aliphatic carbocycles. The molecule has 108 valence electrons. The molecule has 1 unspecified atom stereocenters. The first kappa shape index (κ1) is 13.6. The van der Waals surface area contributed by atoms with Gasteiger partial charge in [0.2, 0.25) is 0 Å². The zero-order chi connectivity index (χ0) is 14.3. The summed E-state index contributed by atoms with van der Waals surface area (Å²) in [6, 6.07) is 6.81. The second-order valence-corrected chi connectivity index (χ2v) is 6.49. The third kappa shape index (κ3) is 2.58. The van der Waals surface area contributed by atoms with Crippen molar-refractivity contribution >= 4 is 11.0 Å². The highest BCUT2D eigenvalue weighted by atomic mass is 19.1. The number of benzene rings is 1. The predicted molar refractivity (Wildman–Crippen MR) is 77.8 cm³/mol. The van der Waals surface area contributed by atoms with E-state index < -0.39 is 0 Å². The molecule has 0 amide bonds. The summed E-state index contributed by atoms with van der Waals surface area (Å²) in [5.74, 6) is 0.659. The van der Waals surface area contributed by atoms with Crippen molar-refractivity contribution in [3.63, 3.8) is 0 Å². The predicted octanol–water partition coefficient (Wildman–Crippen LogP) is 3.13. The van der Waals surface area contributed by atoms with E-state index in [1.54, 1.807) is 6.07 Å². The Hall–Kier alpha value is -1.39. The summed E-state index contributed by atoms with van der Waals surface area (Å²) in [6.07, 6.45) is 1.00. The molecule has 0 spiro atoms. The Labute approximate surface area is 118 Å². The van der Waals surface area contributed by atoms with Crippen LogP contribution in [0.2, 0.25) is 0 Å². The molecule has 3 nitrogen and oxygen atoms in total. The van der Waals surface area contributed by atoms with Crippen molar-refractivity contribution in [2.75, 3.05) is 13.1 Å². The van der Waals surface area contributed by atoms with Gasteiger partial charge in [0, 0.05) is 24.5 Å². The van der Waals surface area contributed by atoms with Crippen molar-refractivity contribution in [3.05, 3.63) is 35.8 Å². The second-order valence-electron chi connectivity index (χ2n) is 6.49. The molecule has 0 saturated carbocycles. The van der Waals surface area contributed by atoms with Crippen LogP contribution < -0.4 is 5.73 Å². The van der Waals surface area contributed by atoms with Gasteiger partial charge in [-0.2, -0.15) is 0 Å². The molecule has 1 aromatic carbocycles. The Morgan fingerprint density at radius 3 is 2.95 bits per heavy atom. The van der Waals surface area contributed by atoms with Crippen LogP contribution in [0.1, 0.15) is 26.0 Å². The number of fused-ring (bicyclic) bond motifs is 1. The van der Waals surface area contributed by atoms with Gasteiger partial charge in [0.1, 0.15) is 17.2 Å². The van der Waals surface area contributed by atoms with Crippen molar-refractivity contribution in [2.24, 2.45) is 11.1 Å². The van der Waals surface area contributed by atoms with E-state index >= 15 is 0 Å². The molecule has 0 radical (unpaired) electrons. The first-order valence-electron chi connectivity index (χ1n) is 7.10. The van der Waals surface area contributed by atoms with Crippen molar-refractivity contribution < 1.29 is 8.81 Å². The summed E-state index contributed by atoms with van der Waals surface area (Å²) in [6.45, 7) is 7.11. The van der Waals surface area contributed by atoms with Crippen molar-refractivity contribution in [3.8, 4) is 0 Å². The Morgan fingerprint density at radius 2 is 2.20 bits per heavy atom. The molecule has 1 aromatic heterocycles. The monoisotopic (exact) mass is 276 g/mol. The van der Waals surface area contributed by atoms with Crippen LogP contribution in [0.25, 0.3) is 11.0 Å². The Balaban J connectivity index is 1.76. The molecule has 1 aliphatic heterocycles. The highest BCUT2D eigenvalue weighted by Crippen LogP contribution is 2.29. The van der Waals surface area contributed by atoms with Crippen LogP contribution in [0, 0.1) is 11.2 Å². The molecule has 3 rings (SSSR count). The number of furan rings is 1. The SMILES string of the molecule is CC1(C)CN(Cc2cc3cc(F)ccc3o2)CCC1N. The van der Waals surface area contributed by atoms with E-state index in [2.05, 4.69) is 18.7 Å². The van der Waals surface area contributed by atoms with E-state index in [4.69, 9.17) is 10.2 Å². The molecule has 4 heteroatoms. The molecule has 0 bridgehead atoms. The smallest absolute Gasteiger partial charge is 0.134 e. The maximum atomic E-state index is 13.2. The lowest BCUT2D eigenvalue weighted by atomic mass is 9.80. The number of hydrogen-bond acceptors (Lipinski definition) is 3. The minimum atomic E-state index is -0.227. The third-order valence-corrected chi connectivity index (χ3v) is 4.30. The van der Waals surface area contributed by atoms with E-state index in [1.807, 2.05) is 6.07 Å². The number of halogens is 1. The minimum absolute atomic E-state index is 0.121. The average Bonchev–Trinajstić information content (AvgIpc) is 2.75. The third-order valence-electron chi connectivity index (χ3n) is 4.30. The summed E-state index contributed by atoms with van der Waals surface area (Å²) >= 11 is 0. The molecule has 1 aliphatic rings. The fourth-order valence-electron chi connectivity index (χ4n) is 2.99. The number of rotatable bonds is 2. The molecule has 1 atom stereocenters. The van der Waals surface area contributed by atoms with Crippen LogP contribution in [-0.2, 0) is 6.54 Å². The van der Waals surface area contributed by atoms with Crippen molar-refractivity contribution in [1.82, 2.24) is 4.90 Å².